The third-order valence-electron chi connectivity index (χ3n) is 3.86. The Bertz CT molecular complexity index is 984. The minimum Gasteiger partial charge on any atom is -0.322 e. The lowest BCUT2D eigenvalue weighted by Crippen LogP contribution is -2.29. The zero-order valence-corrected chi connectivity index (χ0v) is 14.9. The Morgan fingerprint density at radius 3 is 2.62 bits per heavy atom. The molecule has 0 aliphatic heterocycles. The molecule has 6 heteroatoms. The largest absolute Gasteiger partial charge is 0.322 e. The first kappa shape index (κ1) is 17.9. The van der Waals surface area contributed by atoms with Gasteiger partial charge in [-0.1, -0.05) is 18.2 Å². The molecule has 3 rings (SSSR count). The molecule has 1 amide bonds. The quantitative estimate of drug-likeness (QED) is 0.693. The number of nitrogens with one attached hydrogen (secondary N) is 1. The number of pyridine rings is 1. The van der Waals surface area contributed by atoms with Gasteiger partial charge in [0, 0.05) is 16.8 Å². The van der Waals surface area contributed by atoms with Crippen molar-refractivity contribution in [2.75, 3.05) is 11.6 Å². The minimum absolute atomic E-state index is 0.0594. The molecule has 0 spiro atoms. The van der Waals surface area contributed by atoms with E-state index >= 15 is 0 Å². The predicted molar refractivity (Wildman–Crippen MR) is 102 cm³/mol. The van der Waals surface area contributed by atoms with Gasteiger partial charge in [0.2, 0.25) is 0 Å². The molecule has 2 aromatic carbocycles. The lowest BCUT2D eigenvalue weighted by atomic mass is 10.2. The Morgan fingerprint density at radius 1 is 1.12 bits per heavy atom. The summed E-state index contributed by atoms with van der Waals surface area (Å²) in [6.45, 7) is 0.266. The van der Waals surface area contributed by atoms with E-state index in [-0.39, 0.29) is 17.9 Å². The van der Waals surface area contributed by atoms with Gasteiger partial charge >= 0.3 is 0 Å². The van der Waals surface area contributed by atoms with Crippen LogP contribution in [0.5, 0.6) is 0 Å². The first-order valence-corrected chi connectivity index (χ1v) is 9.18. The van der Waals surface area contributed by atoms with Crippen molar-refractivity contribution in [2.45, 2.75) is 11.4 Å². The highest BCUT2D eigenvalue weighted by Gasteiger charge is 2.13. The second kappa shape index (κ2) is 8.01. The Balaban J connectivity index is 1.82. The van der Waals surface area contributed by atoms with Crippen LogP contribution in [0.1, 0.15) is 15.9 Å². The molecule has 0 atom stereocenters. The Kier molecular flexibility index (Phi) is 5.53. The van der Waals surface area contributed by atoms with Gasteiger partial charge in [0.15, 0.2) is 0 Å². The van der Waals surface area contributed by atoms with E-state index in [2.05, 4.69) is 5.32 Å². The molecule has 0 fully saturated rings. The highest BCUT2D eigenvalue weighted by Crippen LogP contribution is 2.19. The van der Waals surface area contributed by atoms with Crippen molar-refractivity contribution in [2.24, 2.45) is 0 Å². The molecule has 1 heterocycles. The molecule has 132 valence electrons. The summed E-state index contributed by atoms with van der Waals surface area (Å²) in [4.78, 5) is 26.1. The number of carbonyl (C=O) groups excluding carboxylic acids is 1. The van der Waals surface area contributed by atoms with E-state index in [0.29, 0.717) is 5.69 Å². The zero-order chi connectivity index (χ0) is 18.5. The van der Waals surface area contributed by atoms with Crippen LogP contribution in [-0.4, -0.2) is 16.7 Å². The van der Waals surface area contributed by atoms with E-state index in [1.165, 1.54) is 22.8 Å². The molecule has 0 saturated heterocycles. The molecule has 0 aliphatic carbocycles. The highest BCUT2D eigenvalue weighted by molar-refractivity contribution is 7.98. The highest BCUT2D eigenvalue weighted by atomic mass is 32.2. The van der Waals surface area contributed by atoms with Crippen LogP contribution in [0.4, 0.5) is 10.1 Å². The monoisotopic (exact) mass is 368 g/mol. The smallest absolute Gasteiger partial charge is 0.263 e. The molecule has 26 heavy (non-hydrogen) atoms. The van der Waals surface area contributed by atoms with Crippen LogP contribution in [-0.2, 0) is 6.54 Å². The van der Waals surface area contributed by atoms with Gasteiger partial charge in [-0.25, -0.2) is 4.39 Å². The van der Waals surface area contributed by atoms with Crippen molar-refractivity contribution in [3.63, 3.8) is 0 Å². The van der Waals surface area contributed by atoms with Gasteiger partial charge in [-0.05, 0) is 54.3 Å². The molecule has 0 radical (unpaired) electrons. The lowest BCUT2D eigenvalue weighted by molar-refractivity contribution is 0.102. The molecule has 0 unspecified atom stereocenters. The number of thioether (sulfide) groups is 1. The van der Waals surface area contributed by atoms with Crippen LogP contribution in [0.15, 0.2) is 76.6 Å². The predicted octanol–water partition coefficient (Wildman–Crippen LogP) is 4.01. The standard InChI is InChI=1S/C20H17FN2O2S/c1-26-17-5-2-4-16(12-17)22-19(24)18-6-3-11-23(20(18)25)13-14-7-9-15(21)10-8-14/h2-12H,13H2,1H3,(H,22,24). The van der Waals surface area contributed by atoms with Gasteiger partial charge < -0.3 is 9.88 Å². The maximum Gasteiger partial charge on any atom is 0.263 e. The van der Waals surface area contributed by atoms with Crippen molar-refractivity contribution in [1.29, 1.82) is 0 Å². The Labute approximate surface area is 154 Å². The number of anilines is 1. The summed E-state index contributed by atoms with van der Waals surface area (Å²) < 4.78 is 14.4. The van der Waals surface area contributed by atoms with Gasteiger partial charge in [-0.3, -0.25) is 9.59 Å². The first-order valence-electron chi connectivity index (χ1n) is 7.96. The average Bonchev–Trinajstić information content (AvgIpc) is 2.65. The summed E-state index contributed by atoms with van der Waals surface area (Å²) >= 11 is 1.57. The molecule has 3 aromatic rings. The molecule has 1 N–H and O–H groups in total. The molecular formula is C20H17FN2O2S. The average molecular weight is 368 g/mol. The summed E-state index contributed by atoms with van der Waals surface area (Å²) in [5, 5.41) is 2.76. The number of halogens is 1. The maximum absolute atomic E-state index is 13.0. The fourth-order valence-corrected chi connectivity index (χ4v) is 2.98. The summed E-state index contributed by atoms with van der Waals surface area (Å²) in [6, 6.07) is 16.5. The van der Waals surface area contributed by atoms with Crippen LogP contribution in [0, 0.1) is 5.82 Å². The van der Waals surface area contributed by atoms with Crippen LogP contribution >= 0.6 is 11.8 Å². The summed E-state index contributed by atoms with van der Waals surface area (Å²) in [5.41, 5.74) is 1.08. The van der Waals surface area contributed by atoms with E-state index in [4.69, 9.17) is 0 Å². The Hall–Kier alpha value is -2.86. The second-order valence-corrected chi connectivity index (χ2v) is 6.55. The minimum atomic E-state index is -0.457. The van der Waals surface area contributed by atoms with E-state index < -0.39 is 11.5 Å². The van der Waals surface area contributed by atoms with Crippen LogP contribution < -0.4 is 10.9 Å². The number of nitrogens with zero attached hydrogens (tertiary/aromatic N) is 1. The lowest BCUT2D eigenvalue weighted by Gasteiger charge is -2.09. The third kappa shape index (κ3) is 4.21. The van der Waals surface area contributed by atoms with Crippen molar-refractivity contribution >= 4 is 23.4 Å². The number of rotatable bonds is 5. The van der Waals surface area contributed by atoms with Crippen molar-refractivity contribution < 1.29 is 9.18 Å². The van der Waals surface area contributed by atoms with Crippen LogP contribution in [0.25, 0.3) is 0 Å². The van der Waals surface area contributed by atoms with Crippen molar-refractivity contribution in [3.8, 4) is 0 Å². The summed E-state index contributed by atoms with van der Waals surface area (Å²) in [6.07, 6.45) is 3.56. The fraction of sp³-hybridized carbons (Fsp3) is 0.100. The van der Waals surface area contributed by atoms with Gasteiger partial charge in [0.1, 0.15) is 11.4 Å². The van der Waals surface area contributed by atoms with E-state index in [1.54, 1.807) is 42.2 Å². The van der Waals surface area contributed by atoms with Gasteiger partial charge in [-0.2, -0.15) is 0 Å². The van der Waals surface area contributed by atoms with Gasteiger partial charge in [0.25, 0.3) is 11.5 Å². The molecule has 4 nitrogen and oxygen atoms in total. The van der Waals surface area contributed by atoms with Gasteiger partial charge in [0.05, 0.1) is 6.54 Å². The molecule has 0 aliphatic rings. The first-order chi connectivity index (χ1) is 12.6. The topological polar surface area (TPSA) is 51.1 Å². The van der Waals surface area contributed by atoms with Crippen LogP contribution in [0.2, 0.25) is 0 Å². The molecule has 0 saturated carbocycles. The van der Waals surface area contributed by atoms with E-state index in [9.17, 15) is 14.0 Å². The number of benzene rings is 2. The van der Waals surface area contributed by atoms with Crippen molar-refractivity contribution in [1.82, 2.24) is 4.57 Å². The fourth-order valence-electron chi connectivity index (χ4n) is 2.52. The summed E-state index contributed by atoms with van der Waals surface area (Å²) in [7, 11) is 0. The molecule has 0 bridgehead atoms. The Morgan fingerprint density at radius 2 is 1.88 bits per heavy atom. The number of aromatic nitrogens is 1. The maximum atomic E-state index is 13.0. The number of hydrogen-bond acceptors (Lipinski definition) is 3. The molecule has 1 aromatic heterocycles. The second-order valence-electron chi connectivity index (χ2n) is 5.67. The van der Waals surface area contributed by atoms with E-state index in [1.807, 2.05) is 24.5 Å². The van der Waals surface area contributed by atoms with Crippen molar-refractivity contribution in [3.05, 3.63) is 94.2 Å². The molecular weight excluding hydrogens is 351 g/mol. The summed E-state index contributed by atoms with van der Waals surface area (Å²) in [5.74, 6) is -0.789. The number of amides is 1. The third-order valence-corrected chi connectivity index (χ3v) is 4.58. The number of hydrogen-bond donors (Lipinski definition) is 1. The normalized spacial score (nSPS) is 10.5. The zero-order valence-electron chi connectivity index (χ0n) is 14.1. The number of carbonyl (C=O) groups is 1. The van der Waals surface area contributed by atoms with Gasteiger partial charge in [-0.15, -0.1) is 11.8 Å². The van der Waals surface area contributed by atoms with Crippen LogP contribution in [0.3, 0.4) is 0 Å². The SMILES string of the molecule is CSc1cccc(NC(=O)c2cccn(Cc3ccc(F)cc3)c2=O)c1. The van der Waals surface area contributed by atoms with E-state index in [0.717, 1.165) is 10.5 Å².